The summed E-state index contributed by atoms with van der Waals surface area (Å²) in [6.07, 6.45) is 9.32. The van der Waals surface area contributed by atoms with E-state index in [9.17, 15) is 24.5 Å². The molecule has 244 valence electrons. The van der Waals surface area contributed by atoms with Crippen molar-refractivity contribution >= 4 is 13.8 Å². The Hall–Kier alpha value is -2.26. The maximum Gasteiger partial charge on any atom is 0.585 e. The number of aliphatic hydroxyl groups is 3. The van der Waals surface area contributed by atoms with E-state index in [0.717, 1.165) is 36.7 Å². The Kier molecular flexibility index (Phi) is 12.8. The Labute approximate surface area is 256 Å². The smallest absolute Gasteiger partial charge is 0.505 e. The topological polar surface area (TPSA) is 152 Å². The van der Waals surface area contributed by atoms with Crippen molar-refractivity contribution in [3.05, 3.63) is 35.3 Å². The highest BCUT2D eigenvalue weighted by atomic mass is 31.2. The number of hydrogen-bond acceptors (Lipinski definition) is 9. The first kappa shape index (κ1) is 35.2. The number of phosphoric acid groups is 1. The molecular formula is C32H51O10P. The number of hydrogen-bond donors (Lipinski definition) is 4. The summed E-state index contributed by atoms with van der Waals surface area (Å²) in [4.78, 5) is 22.2. The first-order valence-corrected chi connectivity index (χ1v) is 17.2. The van der Waals surface area contributed by atoms with E-state index in [1.807, 2.05) is 0 Å². The summed E-state index contributed by atoms with van der Waals surface area (Å²) in [7, 11) is -4.92. The molecule has 0 aromatic heterocycles. The Bertz CT molecular complexity index is 1150. The van der Waals surface area contributed by atoms with Crippen molar-refractivity contribution in [2.45, 2.75) is 123 Å². The molecule has 0 radical (unpaired) electrons. The third-order valence-corrected chi connectivity index (χ3v) is 9.33. The van der Waals surface area contributed by atoms with Gasteiger partial charge in [0.15, 0.2) is 11.9 Å². The van der Waals surface area contributed by atoms with Crippen molar-refractivity contribution in [2.75, 3.05) is 6.61 Å². The van der Waals surface area contributed by atoms with E-state index in [1.54, 1.807) is 12.1 Å². The monoisotopic (exact) mass is 626 g/mol. The Balaban J connectivity index is 1.45. The van der Waals surface area contributed by atoms with E-state index >= 15 is 0 Å². The van der Waals surface area contributed by atoms with Crippen molar-refractivity contribution in [1.29, 1.82) is 0 Å². The van der Waals surface area contributed by atoms with Crippen molar-refractivity contribution in [2.24, 2.45) is 17.8 Å². The molecule has 43 heavy (non-hydrogen) atoms. The molecule has 6 atom stereocenters. The second-order valence-corrected chi connectivity index (χ2v) is 14.4. The molecule has 0 saturated heterocycles. The van der Waals surface area contributed by atoms with Crippen molar-refractivity contribution < 1.29 is 48.1 Å². The van der Waals surface area contributed by atoms with Gasteiger partial charge in [-0.25, -0.2) is 9.36 Å². The number of aryl methyl sites for hydroxylation is 1. The van der Waals surface area contributed by atoms with Gasteiger partial charge in [-0.2, -0.15) is 0 Å². The number of rotatable bonds is 18. The predicted molar refractivity (Wildman–Crippen MR) is 163 cm³/mol. The second kappa shape index (κ2) is 15.6. The average molecular weight is 627 g/mol. The van der Waals surface area contributed by atoms with E-state index in [4.69, 9.17) is 23.6 Å². The number of fused-ring (bicyclic) bond motifs is 1. The van der Waals surface area contributed by atoms with Crippen LogP contribution in [0.25, 0.3) is 0 Å². The summed E-state index contributed by atoms with van der Waals surface area (Å²) in [6.45, 7) is 10.6. The molecule has 0 amide bonds. The number of cyclic esters (lactones) is 1. The number of carbonyl (C=O) groups is 1. The SMILES string of the molecule is CC(C)CCCC(C)CCCC(C)CCCC1(C)CCc2cc(OP(=O)(O)OC3=C(O)[C@@H]([C@@H](O)CO)OC3=O)ccc2O1. The van der Waals surface area contributed by atoms with E-state index in [-0.39, 0.29) is 11.4 Å². The summed E-state index contributed by atoms with van der Waals surface area (Å²) in [5, 5.41) is 28.8. The van der Waals surface area contributed by atoms with Crippen LogP contribution in [0.1, 0.15) is 104 Å². The van der Waals surface area contributed by atoms with Gasteiger partial charge in [0.25, 0.3) is 5.76 Å². The molecule has 4 N–H and O–H groups in total. The Morgan fingerprint density at radius 1 is 1.02 bits per heavy atom. The van der Waals surface area contributed by atoms with Gasteiger partial charge in [-0.1, -0.05) is 72.6 Å². The zero-order chi connectivity index (χ0) is 31.8. The molecule has 11 heteroatoms. The van der Waals surface area contributed by atoms with E-state index < -0.39 is 44.1 Å². The highest BCUT2D eigenvalue weighted by Gasteiger charge is 2.44. The van der Waals surface area contributed by atoms with Crippen LogP contribution in [-0.2, 0) is 25.0 Å². The molecule has 0 aliphatic carbocycles. The van der Waals surface area contributed by atoms with Crippen LogP contribution in [0.15, 0.2) is 29.7 Å². The normalized spacial score (nSPS) is 23.7. The zero-order valence-corrected chi connectivity index (χ0v) is 27.2. The van der Waals surface area contributed by atoms with Crippen LogP contribution in [0.2, 0.25) is 0 Å². The van der Waals surface area contributed by atoms with Gasteiger partial charge in [0.2, 0.25) is 0 Å². The highest BCUT2D eigenvalue weighted by Crippen LogP contribution is 2.49. The largest absolute Gasteiger partial charge is 0.585 e. The molecule has 0 bridgehead atoms. The summed E-state index contributed by atoms with van der Waals surface area (Å²) in [5.41, 5.74) is 0.525. The third-order valence-electron chi connectivity index (χ3n) is 8.47. The predicted octanol–water partition coefficient (Wildman–Crippen LogP) is 6.75. The van der Waals surface area contributed by atoms with Crippen LogP contribution in [0, 0.1) is 17.8 Å². The summed E-state index contributed by atoms with van der Waals surface area (Å²) >= 11 is 0. The van der Waals surface area contributed by atoms with Crippen molar-refractivity contribution in [3.8, 4) is 11.5 Å². The first-order chi connectivity index (χ1) is 20.2. The maximum absolute atomic E-state index is 12.6. The molecule has 3 rings (SSSR count). The quantitative estimate of drug-likeness (QED) is 0.102. The van der Waals surface area contributed by atoms with Gasteiger partial charge in [0, 0.05) is 0 Å². The van der Waals surface area contributed by atoms with E-state index in [1.165, 1.54) is 51.0 Å². The molecule has 2 aliphatic heterocycles. The average Bonchev–Trinajstić information content (AvgIpc) is 3.20. The molecule has 10 nitrogen and oxygen atoms in total. The zero-order valence-electron chi connectivity index (χ0n) is 26.3. The molecule has 2 aliphatic rings. The van der Waals surface area contributed by atoms with Crippen LogP contribution < -0.4 is 9.26 Å². The van der Waals surface area contributed by atoms with Crippen molar-refractivity contribution in [3.63, 3.8) is 0 Å². The van der Waals surface area contributed by atoms with Crippen LogP contribution in [-0.4, -0.2) is 50.6 Å². The lowest BCUT2D eigenvalue weighted by molar-refractivity contribution is -0.147. The van der Waals surface area contributed by atoms with E-state index in [0.29, 0.717) is 18.1 Å². The van der Waals surface area contributed by atoms with Crippen LogP contribution in [0.3, 0.4) is 0 Å². The second-order valence-electron chi connectivity index (χ2n) is 13.1. The van der Waals surface area contributed by atoms with E-state index in [2.05, 4.69) is 34.6 Å². The van der Waals surface area contributed by atoms with Gasteiger partial charge in [0.05, 0.1) is 6.61 Å². The lowest BCUT2D eigenvalue weighted by Gasteiger charge is -2.36. The third kappa shape index (κ3) is 10.7. The minimum atomic E-state index is -4.92. The lowest BCUT2D eigenvalue weighted by atomic mass is 9.86. The standard InChI is InChI=1S/C32H51O10P/c1-21(2)9-6-10-22(3)11-7-12-23(4)13-8-17-32(5)18-16-24-19-25(14-15-27(24)40-32)41-43(37,38)42-30-28(35)29(26(34)20-33)39-31(30)36/h14-15,19,21-23,26,29,33-35H,6-13,16-18,20H2,1-5H3,(H,37,38)/t22?,23?,26-,29+,32?/m0/s1. The molecular weight excluding hydrogens is 575 g/mol. The van der Waals surface area contributed by atoms with Gasteiger partial charge >= 0.3 is 13.8 Å². The molecule has 1 aromatic carbocycles. The first-order valence-electron chi connectivity index (χ1n) is 15.7. The number of ether oxygens (including phenoxy) is 2. The van der Waals surface area contributed by atoms with Gasteiger partial charge in [-0.05, 0) is 74.1 Å². The van der Waals surface area contributed by atoms with Crippen LogP contribution in [0.4, 0.5) is 0 Å². The molecule has 4 unspecified atom stereocenters. The molecule has 0 spiro atoms. The molecule has 0 fully saturated rings. The minimum Gasteiger partial charge on any atom is -0.505 e. The van der Waals surface area contributed by atoms with Gasteiger partial charge in [0.1, 0.15) is 23.2 Å². The fourth-order valence-corrected chi connectivity index (χ4v) is 6.58. The fourth-order valence-electron chi connectivity index (χ4n) is 5.77. The number of benzene rings is 1. The summed E-state index contributed by atoms with van der Waals surface area (Å²) < 4.78 is 33.6. The number of esters is 1. The summed E-state index contributed by atoms with van der Waals surface area (Å²) in [6, 6.07) is 4.75. The summed E-state index contributed by atoms with van der Waals surface area (Å²) in [5.74, 6) is -0.120. The van der Waals surface area contributed by atoms with Gasteiger partial charge < -0.3 is 33.8 Å². The molecule has 2 heterocycles. The van der Waals surface area contributed by atoms with Crippen LogP contribution in [0.5, 0.6) is 11.5 Å². The minimum absolute atomic E-state index is 0.0262. The molecule has 1 aromatic rings. The number of carbonyl (C=O) groups excluding carboxylic acids is 1. The maximum atomic E-state index is 12.6. The Morgan fingerprint density at radius 2 is 1.65 bits per heavy atom. The number of aliphatic hydroxyl groups excluding tert-OH is 3. The molecule has 0 saturated carbocycles. The van der Waals surface area contributed by atoms with Crippen molar-refractivity contribution in [1.82, 2.24) is 0 Å². The highest BCUT2D eigenvalue weighted by molar-refractivity contribution is 7.48. The van der Waals surface area contributed by atoms with Crippen LogP contribution >= 0.6 is 7.82 Å². The van der Waals surface area contributed by atoms with Gasteiger partial charge in [-0.15, -0.1) is 0 Å². The fraction of sp³-hybridized carbons (Fsp3) is 0.719. The number of phosphoric ester groups is 1. The lowest BCUT2D eigenvalue weighted by Crippen LogP contribution is -2.36. The Morgan fingerprint density at radius 3 is 2.28 bits per heavy atom. The van der Waals surface area contributed by atoms with Gasteiger partial charge in [-0.3, -0.25) is 4.89 Å².